The predicted molar refractivity (Wildman–Crippen MR) is 85.5 cm³/mol. The maximum Gasteiger partial charge on any atom is 0.244 e. The van der Waals surface area contributed by atoms with E-state index in [0.29, 0.717) is 25.9 Å². The summed E-state index contributed by atoms with van der Waals surface area (Å²) in [7, 11) is -3.12. The van der Waals surface area contributed by atoms with Gasteiger partial charge in [-0.1, -0.05) is 6.07 Å². The zero-order chi connectivity index (χ0) is 16.0. The van der Waals surface area contributed by atoms with Crippen molar-refractivity contribution in [1.82, 2.24) is 14.6 Å². The molecular weight excluding hydrogens is 302 g/mol. The number of carbonyl (C=O) groups excluding carboxylic acids is 1. The van der Waals surface area contributed by atoms with Crippen molar-refractivity contribution in [3.63, 3.8) is 0 Å². The van der Waals surface area contributed by atoms with Gasteiger partial charge in [-0.15, -0.1) is 0 Å². The standard InChI is InChI=1S/C15H21N3O3S/c1-2-22(20,21)18-10-7-14(8-11-18)17-15(19)6-5-13-4-3-9-16-12-13/h3-6,9,12,14H,2,7-8,10-11H2,1H3,(H,17,19)/b6-5+. The van der Waals surface area contributed by atoms with Crippen molar-refractivity contribution in [3.8, 4) is 0 Å². The van der Waals surface area contributed by atoms with Gasteiger partial charge in [-0.3, -0.25) is 9.78 Å². The number of aromatic nitrogens is 1. The highest BCUT2D eigenvalue weighted by Crippen LogP contribution is 2.14. The van der Waals surface area contributed by atoms with Crippen LogP contribution >= 0.6 is 0 Å². The van der Waals surface area contributed by atoms with Gasteiger partial charge in [0, 0.05) is 37.6 Å². The van der Waals surface area contributed by atoms with Crippen LogP contribution in [0.3, 0.4) is 0 Å². The highest BCUT2D eigenvalue weighted by atomic mass is 32.2. The summed E-state index contributed by atoms with van der Waals surface area (Å²) in [4.78, 5) is 15.8. The minimum Gasteiger partial charge on any atom is -0.350 e. The second-order valence-corrected chi connectivity index (χ2v) is 7.46. The first kappa shape index (κ1) is 16.6. The molecule has 0 radical (unpaired) electrons. The van der Waals surface area contributed by atoms with Crippen molar-refractivity contribution in [2.45, 2.75) is 25.8 Å². The summed E-state index contributed by atoms with van der Waals surface area (Å²) >= 11 is 0. The van der Waals surface area contributed by atoms with E-state index in [4.69, 9.17) is 0 Å². The summed E-state index contributed by atoms with van der Waals surface area (Å²) < 4.78 is 25.0. The molecule has 120 valence electrons. The summed E-state index contributed by atoms with van der Waals surface area (Å²) in [5, 5.41) is 2.91. The molecule has 0 aromatic carbocycles. The van der Waals surface area contributed by atoms with Gasteiger partial charge in [-0.25, -0.2) is 12.7 Å². The van der Waals surface area contributed by atoms with E-state index in [1.165, 1.54) is 10.4 Å². The molecule has 1 aromatic heterocycles. The van der Waals surface area contributed by atoms with Crippen LogP contribution in [0.1, 0.15) is 25.3 Å². The quantitative estimate of drug-likeness (QED) is 0.821. The fourth-order valence-electron chi connectivity index (χ4n) is 2.36. The molecule has 0 saturated carbocycles. The Labute approximate surface area is 131 Å². The van der Waals surface area contributed by atoms with Gasteiger partial charge in [0.05, 0.1) is 5.75 Å². The van der Waals surface area contributed by atoms with Crippen molar-refractivity contribution in [3.05, 3.63) is 36.2 Å². The molecule has 2 heterocycles. The Balaban J connectivity index is 1.81. The number of nitrogens with one attached hydrogen (secondary N) is 1. The Kier molecular flexibility index (Phi) is 5.68. The van der Waals surface area contributed by atoms with Crippen molar-refractivity contribution >= 4 is 22.0 Å². The molecule has 0 atom stereocenters. The first-order valence-electron chi connectivity index (χ1n) is 7.37. The van der Waals surface area contributed by atoms with Gasteiger partial charge < -0.3 is 5.32 Å². The molecule has 1 N–H and O–H groups in total. The maximum atomic E-state index is 11.9. The van der Waals surface area contributed by atoms with Crippen LogP contribution < -0.4 is 5.32 Å². The lowest BCUT2D eigenvalue weighted by Crippen LogP contribution is -2.46. The molecule has 1 aromatic rings. The second kappa shape index (κ2) is 7.51. The molecule has 1 aliphatic heterocycles. The van der Waals surface area contributed by atoms with Gasteiger partial charge in [0.15, 0.2) is 0 Å². The first-order chi connectivity index (χ1) is 10.5. The molecule has 1 amide bonds. The van der Waals surface area contributed by atoms with Crippen LogP contribution in [0.5, 0.6) is 0 Å². The summed E-state index contributed by atoms with van der Waals surface area (Å²) in [6.07, 6.45) is 7.83. The molecular formula is C15H21N3O3S. The summed E-state index contributed by atoms with van der Waals surface area (Å²) in [6, 6.07) is 3.70. The third kappa shape index (κ3) is 4.64. The molecule has 7 heteroatoms. The van der Waals surface area contributed by atoms with Crippen LogP contribution in [0.15, 0.2) is 30.6 Å². The SMILES string of the molecule is CCS(=O)(=O)N1CCC(NC(=O)/C=C/c2cccnc2)CC1. The highest BCUT2D eigenvalue weighted by Gasteiger charge is 2.26. The number of amides is 1. The molecule has 0 bridgehead atoms. The average molecular weight is 323 g/mol. The van der Waals surface area contributed by atoms with Crippen LogP contribution in [-0.2, 0) is 14.8 Å². The molecule has 1 saturated heterocycles. The normalized spacial score (nSPS) is 17.7. The first-order valence-corrected chi connectivity index (χ1v) is 8.98. The molecule has 0 spiro atoms. The van der Waals surface area contributed by atoms with Gasteiger partial charge in [-0.2, -0.15) is 0 Å². The monoisotopic (exact) mass is 323 g/mol. The van der Waals surface area contributed by atoms with Gasteiger partial charge >= 0.3 is 0 Å². The number of hydrogen-bond donors (Lipinski definition) is 1. The number of rotatable bonds is 5. The van der Waals surface area contributed by atoms with Gasteiger partial charge in [0.25, 0.3) is 0 Å². The zero-order valence-corrected chi connectivity index (χ0v) is 13.4. The van der Waals surface area contributed by atoms with E-state index in [2.05, 4.69) is 10.3 Å². The fraction of sp³-hybridized carbons (Fsp3) is 0.467. The second-order valence-electron chi connectivity index (χ2n) is 5.20. The van der Waals surface area contributed by atoms with Gasteiger partial charge in [0.1, 0.15) is 0 Å². The Hall–Kier alpha value is -1.73. The van der Waals surface area contributed by atoms with Crippen molar-refractivity contribution in [2.75, 3.05) is 18.8 Å². The molecule has 22 heavy (non-hydrogen) atoms. The lowest BCUT2D eigenvalue weighted by Gasteiger charge is -2.31. The van der Waals surface area contributed by atoms with Crippen molar-refractivity contribution in [2.24, 2.45) is 0 Å². The maximum absolute atomic E-state index is 11.9. The third-order valence-electron chi connectivity index (χ3n) is 3.67. The molecule has 0 unspecified atom stereocenters. The molecule has 0 aliphatic carbocycles. The van der Waals surface area contributed by atoms with Gasteiger partial charge in [0.2, 0.25) is 15.9 Å². The number of carbonyl (C=O) groups is 1. The van der Waals surface area contributed by atoms with Crippen LogP contribution in [0.2, 0.25) is 0 Å². The van der Waals surface area contributed by atoms with Crippen molar-refractivity contribution in [1.29, 1.82) is 0 Å². The Morgan fingerprint density at radius 3 is 2.77 bits per heavy atom. The third-order valence-corrected chi connectivity index (χ3v) is 5.55. The molecule has 1 aliphatic rings. The van der Waals surface area contributed by atoms with E-state index in [9.17, 15) is 13.2 Å². The zero-order valence-electron chi connectivity index (χ0n) is 12.6. The van der Waals surface area contributed by atoms with Crippen LogP contribution in [0, 0.1) is 0 Å². The van der Waals surface area contributed by atoms with E-state index >= 15 is 0 Å². The Morgan fingerprint density at radius 1 is 1.45 bits per heavy atom. The highest BCUT2D eigenvalue weighted by molar-refractivity contribution is 7.89. The minimum atomic E-state index is -3.12. The lowest BCUT2D eigenvalue weighted by molar-refractivity contribution is -0.117. The summed E-state index contributed by atoms with van der Waals surface area (Å²) in [5.41, 5.74) is 0.863. The summed E-state index contributed by atoms with van der Waals surface area (Å²) in [5.74, 6) is -0.0432. The van der Waals surface area contributed by atoms with E-state index < -0.39 is 10.0 Å². The number of pyridine rings is 1. The van der Waals surface area contributed by atoms with Crippen LogP contribution in [0.4, 0.5) is 0 Å². The number of piperidine rings is 1. The van der Waals surface area contributed by atoms with E-state index in [1.54, 1.807) is 25.4 Å². The number of sulfonamides is 1. The van der Waals surface area contributed by atoms with Crippen molar-refractivity contribution < 1.29 is 13.2 Å². The summed E-state index contributed by atoms with van der Waals surface area (Å²) in [6.45, 7) is 2.58. The Bertz CT molecular complexity index is 621. The topological polar surface area (TPSA) is 79.4 Å². The van der Waals surface area contributed by atoms with Crippen LogP contribution in [0.25, 0.3) is 6.08 Å². The van der Waals surface area contributed by atoms with E-state index in [1.807, 2.05) is 12.1 Å². The van der Waals surface area contributed by atoms with E-state index in [0.717, 1.165) is 5.56 Å². The smallest absolute Gasteiger partial charge is 0.244 e. The van der Waals surface area contributed by atoms with E-state index in [-0.39, 0.29) is 17.7 Å². The lowest BCUT2D eigenvalue weighted by atomic mass is 10.1. The molecule has 6 nitrogen and oxygen atoms in total. The largest absolute Gasteiger partial charge is 0.350 e. The molecule has 2 rings (SSSR count). The predicted octanol–water partition coefficient (Wildman–Crippen LogP) is 1.03. The average Bonchev–Trinajstić information content (AvgIpc) is 2.54. The fourth-order valence-corrected chi connectivity index (χ4v) is 3.49. The molecule has 1 fully saturated rings. The minimum absolute atomic E-state index is 0.0226. The van der Waals surface area contributed by atoms with Crippen LogP contribution in [-0.4, -0.2) is 48.5 Å². The van der Waals surface area contributed by atoms with Gasteiger partial charge in [-0.05, 0) is 37.5 Å². The number of hydrogen-bond acceptors (Lipinski definition) is 4. The Morgan fingerprint density at radius 2 is 2.18 bits per heavy atom. The number of nitrogens with zero attached hydrogens (tertiary/aromatic N) is 2.